The number of aromatic nitrogens is 1. The number of rotatable bonds is 2. The van der Waals surface area contributed by atoms with Gasteiger partial charge in [-0.25, -0.2) is 4.39 Å². The number of anilines is 1. The lowest BCUT2D eigenvalue weighted by molar-refractivity contribution is 0.436. The first-order chi connectivity index (χ1) is 10.1. The summed E-state index contributed by atoms with van der Waals surface area (Å²) in [5, 5.41) is 4.34. The third-order valence-electron chi connectivity index (χ3n) is 3.00. The van der Waals surface area contributed by atoms with Gasteiger partial charge in [-0.3, -0.25) is 0 Å². The number of halogens is 3. The maximum Gasteiger partial charge on any atom is 0.178 e. The fourth-order valence-corrected chi connectivity index (χ4v) is 2.68. The van der Waals surface area contributed by atoms with Crippen LogP contribution in [0.15, 0.2) is 51.5 Å². The summed E-state index contributed by atoms with van der Waals surface area (Å²) < 4.78 is 19.6. The lowest BCUT2D eigenvalue weighted by Crippen LogP contribution is -1.90. The minimum atomic E-state index is -0.357. The summed E-state index contributed by atoms with van der Waals surface area (Å²) in [7, 11) is 0. The van der Waals surface area contributed by atoms with Gasteiger partial charge in [-0.2, -0.15) is 0 Å². The number of nitrogens with two attached hydrogens (primary N) is 1. The van der Waals surface area contributed by atoms with Gasteiger partial charge in [-0.15, -0.1) is 0 Å². The van der Waals surface area contributed by atoms with E-state index in [1.165, 1.54) is 12.1 Å². The summed E-state index contributed by atoms with van der Waals surface area (Å²) >= 11 is 9.46. The van der Waals surface area contributed by atoms with E-state index >= 15 is 0 Å². The van der Waals surface area contributed by atoms with Crippen LogP contribution in [0.25, 0.3) is 22.5 Å². The Bertz CT molecular complexity index is 819. The molecule has 3 nitrogen and oxygen atoms in total. The Balaban J connectivity index is 2.24. The molecule has 2 N–H and O–H groups in total. The van der Waals surface area contributed by atoms with Crippen LogP contribution >= 0.6 is 27.5 Å². The smallest absolute Gasteiger partial charge is 0.178 e. The third kappa shape index (κ3) is 2.66. The molecule has 1 aromatic heterocycles. The molecule has 0 saturated carbocycles. The van der Waals surface area contributed by atoms with E-state index in [1.807, 2.05) is 0 Å². The minimum absolute atomic E-state index is 0.197. The predicted molar refractivity (Wildman–Crippen MR) is 84.5 cm³/mol. The van der Waals surface area contributed by atoms with Gasteiger partial charge in [0.1, 0.15) is 5.82 Å². The van der Waals surface area contributed by atoms with E-state index in [0.717, 1.165) is 4.47 Å². The van der Waals surface area contributed by atoms with Crippen LogP contribution in [0, 0.1) is 5.82 Å². The predicted octanol–water partition coefficient (Wildman–Crippen LogP) is 5.15. The molecule has 0 atom stereocenters. The lowest BCUT2D eigenvalue weighted by atomic mass is 10.0. The van der Waals surface area contributed by atoms with Gasteiger partial charge < -0.3 is 10.3 Å². The molecule has 0 amide bonds. The highest BCUT2D eigenvalue weighted by Crippen LogP contribution is 2.40. The summed E-state index contributed by atoms with van der Waals surface area (Å²) in [5.41, 5.74) is 7.71. The van der Waals surface area contributed by atoms with Crippen molar-refractivity contribution in [2.24, 2.45) is 0 Å². The molecule has 106 valence electrons. The Kier molecular flexibility index (Phi) is 3.69. The zero-order valence-corrected chi connectivity index (χ0v) is 13.0. The second kappa shape index (κ2) is 5.50. The fourth-order valence-electron chi connectivity index (χ4n) is 2.08. The topological polar surface area (TPSA) is 52.0 Å². The molecule has 3 aromatic rings. The van der Waals surface area contributed by atoms with Gasteiger partial charge >= 0.3 is 0 Å². The van der Waals surface area contributed by atoms with Crippen molar-refractivity contribution >= 4 is 33.3 Å². The molecule has 0 unspecified atom stereocenters. The molecule has 0 saturated heterocycles. The number of nitrogen functional groups attached to an aromatic ring is 1. The molecule has 6 heteroatoms. The minimum Gasteiger partial charge on any atom is -0.380 e. The van der Waals surface area contributed by atoms with Crippen LogP contribution < -0.4 is 5.73 Å². The van der Waals surface area contributed by atoms with Gasteiger partial charge in [0.05, 0.1) is 5.56 Å². The number of hydrogen-bond donors (Lipinski definition) is 1. The van der Waals surface area contributed by atoms with E-state index in [2.05, 4.69) is 21.1 Å². The van der Waals surface area contributed by atoms with Crippen LogP contribution in [0.5, 0.6) is 0 Å². The van der Waals surface area contributed by atoms with E-state index in [0.29, 0.717) is 27.5 Å². The van der Waals surface area contributed by atoms with E-state index in [-0.39, 0.29) is 11.6 Å². The highest BCUT2D eigenvalue weighted by atomic mass is 79.9. The Morgan fingerprint density at radius 2 is 2.00 bits per heavy atom. The summed E-state index contributed by atoms with van der Waals surface area (Å²) in [6.45, 7) is 0. The van der Waals surface area contributed by atoms with E-state index in [1.54, 1.807) is 30.3 Å². The molecule has 0 aliphatic carbocycles. The molecular formula is C15H9BrClFN2O. The molecule has 0 aliphatic heterocycles. The van der Waals surface area contributed by atoms with Crippen molar-refractivity contribution in [2.75, 3.05) is 5.73 Å². The second-order valence-electron chi connectivity index (χ2n) is 4.41. The van der Waals surface area contributed by atoms with Gasteiger partial charge in [-0.1, -0.05) is 44.8 Å². The van der Waals surface area contributed by atoms with E-state index in [9.17, 15) is 4.39 Å². The SMILES string of the molecule is Nc1noc(-c2cc(Cl)ccc2Br)c1-c1cccc(F)c1. The second-order valence-corrected chi connectivity index (χ2v) is 5.70. The zero-order valence-electron chi connectivity index (χ0n) is 10.6. The summed E-state index contributed by atoms with van der Waals surface area (Å²) in [6.07, 6.45) is 0. The Morgan fingerprint density at radius 1 is 1.19 bits per heavy atom. The highest BCUT2D eigenvalue weighted by molar-refractivity contribution is 9.10. The van der Waals surface area contributed by atoms with Gasteiger partial charge in [0.25, 0.3) is 0 Å². The van der Waals surface area contributed by atoms with Crippen molar-refractivity contribution in [1.82, 2.24) is 5.16 Å². The number of benzene rings is 2. The number of hydrogen-bond acceptors (Lipinski definition) is 3. The van der Waals surface area contributed by atoms with Crippen molar-refractivity contribution < 1.29 is 8.91 Å². The average Bonchev–Trinajstić information content (AvgIpc) is 2.83. The maximum absolute atomic E-state index is 13.4. The Labute approximate surface area is 133 Å². The monoisotopic (exact) mass is 366 g/mol. The van der Waals surface area contributed by atoms with Crippen LogP contribution in [-0.2, 0) is 0 Å². The van der Waals surface area contributed by atoms with Gasteiger partial charge in [0.15, 0.2) is 11.6 Å². The van der Waals surface area contributed by atoms with Gasteiger partial charge in [-0.05, 0) is 35.9 Å². The number of nitrogens with zero attached hydrogens (tertiary/aromatic N) is 1. The van der Waals surface area contributed by atoms with Crippen molar-refractivity contribution in [3.05, 3.63) is 57.8 Å². The molecule has 21 heavy (non-hydrogen) atoms. The average molecular weight is 368 g/mol. The first kappa shape index (κ1) is 14.1. The summed E-state index contributed by atoms with van der Waals surface area (Å²) in [5.74, 6) is 0.277. The molecule has 0 fully saturated rings. The summed E-state index contributed by atoms with van der Waals surface area (Å²) in [6, 6.07) is 11.4. The Morgan fingerprint density at radius 3 is 2.76 bits per heavy atom. The first-order valence-electron chi connectivity index (χ1n) is 6.03. The molecule has 0 bridgehead atoms. The van der Waals surface area contributed by atoms with E-state index in [4.69, 9.17) is 21.9 Å². The molecule has 0 radical (unpaired) electrons. The molecule has 1 heterocycles. The van der Waals surface area contributed by atoms with Crippen molar-refractivity contribution in [3.8, 4) is 22.5 Å². The third-order valence-corrected chi connectivity index (χ3v) is 3.93. The van der Waals surface area contributed by atoms with Crippen LogP contribution in [0.3, 0.4) is 0 Å². The van der Waals surface area contributed by atoms with Gasteiger partial charge in [0, 0.05) is 15.1 Å². The van der Waals surface area contributed by atoms with Crippen LogP contribution in [0.2, 0.25) is 5.02 Å². The van der Waals surface area contributed by atoms with Crippen LogP contribution in [0.4, 0.5) is 10.2 Å². The fraction of sp³-hybridized carbons (Fsp3) is 0. The van der Waals surface area contributed by atoms with Crippen molar-refractivity contribution in [2.45, 2.75) is 0 Å². The molecule has 3 rings (SSSR count). The van der Waals surface area contributed by atoms with E-state index < -0.39 is 0 Å². The molecule has 0 spiro atoms. The lowest BCUT2D eigenvalue weighted by Gasteiger charge is -2.05. The zero-order chi connectivity index (χ0) is 15.0. The van der Waals surface area contributed by atoms with Gasteiger partial charge in [0.2, 0.25) is 0 Å². The summed E-state index contributed by atoms with van der Waals surface area (Å²) in [4.78, 5) is 0. The maximum atomic E-state index is 13.4. The highest BCUT2D eigenvalue weighted by Gasteiger charge is 2.20. The largest absolute Gasteiger partial charge is 0.380 e. The molecule has 2 aromatic carbocycles. The normalized spacial score (nSPS) is 10.8. The first-order valence-corrected chi connectivity index (χ1v) is 7.20. The molecular weight excluding hydrogens is 359 g/mol. The standard InChI is InChI=1S/C15H9BrClFN2O/c16-12-5-4-9(17)7-11(12)14-13(15(19)20-21-14)8-2-1-3-10(18)6-8/h1-7H,(H2,19,20). The Hall–Kier alpha value is -1.85. The van der Waals surface area contributed by atoms with Crippen molar-refractivity contribution in [3.63, 3.8) is 0 Å². The van der Waals surface area contributed by atoms with Crippen LogP contribution in [0.1, 0.15) is 0 Å². The quantitative estimate of drug-likeness (QED) is 0.682. The van der Waals surface area contributed by atoms with Crippen molar-refractivity contribution in [1.29, 1.82) is 0 Å². The molecule has 0 aliphatic rings. The van der Waals surface area contributed by atoms with Crippen LogP contribution in [-0.4, -0.2) is 5.16 Å².